The average Bonchev–Trinajstić information content (AvgIpc) is 2.30. The first-order chi connectivity index (χ1) is 7.38. The third-order valence-corrected chi connectivity index (χ3v) is 2.70. The molecule has 0 unspecified atom stereocenters. The van der Waals surface area contributed by atoms with Gasteiger partial charge >= 0.3 is 0 Å². The molecule has 15 heavy (non-hydrogen) atoms. The highest BCUT2D eigenvalue weighted by Gasteiger charge is 2.08. The number of benzene rings is 1. The van der Waals surface area contributed by atoms with E-state index >= 15 is 0 Å². The van der Waals surface area contributed by atoms with Gasteiger partial charge in [-0.25, -0.2) is 0 Å². The van der Waals surface area contributed by atoms with Gasteiger partial charge in [-0.3, -0.25) is 0 Å². The number of nitriles is 1. The van der Waals surface area contributed by atoms with Crippen molar-refractivity contribution in [1.82, 2.24) is 0 Å². The van der Waals surface area contributed by atoms with Crippen molar-refractivity contribution in [2.75, 3.05) is 0 Å². The second-order valence-corrected chi connectivity index (χ2v) is 3.94. The highest BCUT2D eigenvalue weighted by molar-refractivity contribution is 5.24. The van der Waals surface area contributed by atoms with Gasteiger partial charge in [-0.1, -0.05) is 62.9 Å². The Morgan fingerprint density at radius 3 is 2.47 bits per heavy atom. The predicted molar refractivity (Wildman–Crippen MR) is 63.6 cm³/mol. The summed E-state index contributed by atoms with van der Waals surface area (Å²) in [6, 6.07) is 12.5. The van der Waals surface area contributed by atoms with E-state index < -0.39 is 0 Å². The molecule has 1 aromatic rings. The SMILES string of the molecule is CCCCCC[C@@H](C#N)c1ccccc1. The normalized spacial score (nSPS) is 12.0. The first kappa shape index (κ1) is 11.8. The molecule has 0 aromatic heterocycles. The van der Waals surface area contributed by atoms with E-state index in [4.69, 9.17) is 5.26 Å². The maximum absolute atomic E-state index is 9.09. The van der Waals surface area contributed by atoms with Crippen molar-refractivity contribution in [2.45, 2.75) is 44.9 Å². The van der Waals surface area contributed by atoms with Crippen LogP contribution < -0.4 is 0 Å². The lowest BCUT2D eigenvalue weighted by molar-refractivity contribution is 0.608. The summed E-state index contributed by atoms with van der Waals surface area (Å²) in [7, 11) is 0. The van der Waals surface area contributed by atoms with Crippen LogP contribution in [0.3, 0.4) is 0 Å². The van der Waals surface area contributed by atoms with Crippen molar-refractivity contribution >= 4 is 0 Å². The molecule has 0 spiro atoms. The summed E-state index contributed by atoms with van der Waals surface area (Å²) in [6.07, 6.45) is 5.96. The zero-order valence-electron chi connectivity index (χ0n) is 9.45. The van der Waals surface area contributed by atoms with Gasteiger partial charge in [0.2, 0.25) is 0 Å². The van der Waals surface area contributed by atoms with E-state index in [0.29, 0.717) is 0 Å². The lowest BCUT2D eigenvalue weighted by atomic mass is 9.94. The standard InChI is InChI=1S/C14H19N/c1-2-3-4-6-11-14(12-15)13-9-7-5-8-10-13/h5,7-10,14H,2-4,6,11H2,1H3/t14-/m0/s1. The molecule has 0 saturated carbocycles. The van der Waals surface area contributed by atoms with Crippen molar-refractivity contribution in [3.63, 3.8) is 0 Å². The van der Waals surface area contributed by atoms with E-state index in [1.165, 1.54) is 25.7 Å². The lowest BCUT2D eigenvalue weighted by Crippen LogP contribution is -1.95. The zero-order chi connectivity index (χ0) is 10.9. The van der Waals surface area contributed by atoms with Gasteiger partial charge in [0.25, 0.3) is 0 Å². The van der Waals surface area contributed by atoms with Gasteiger partial charge in [0, 0.05) is 0 Å². The Labute approximate surface area is 92.7 Å². The molecule has 0 aliphatic carbocycles. The van der Waals surface area contributed by atoms with Gasteiger partial charge in [0.1, 0.15) is 0 Å². The molecule has 1 aromatic carbocycles. The summed E-state index contributed by atoms with van der Waals surface area (Å²) in [5.74, 6) is 0.0862. The molecule has 1 nitrogen and oxygen atoms in total. The van der Waals surface area contributed by atoms with Crippen LogP contribution in [0.2, 0.25) is 0 Å². The van der Waals surface area contributed by atoms with Crippen LogP contribution in [0.15, 0.2) is 30.3 Å². The van der Waals surface area contributed by atoms with E-state index in [1.54, 1.807) is 0 Å². The van der Waals surface area contributed by atoms with Crippen molar-refractivity contribution in [2.24, 2.45) is 0 Å². The second-order valence-electron chi connectivity index (χ2n) is 3.94. The molecule has 1 rings (SSSR count). The molecule has 1 atom stereocenters. The Hall–Kier alpha value is -1.29. The van der Waals surface area contributed by atoms with Gasteiger partial charge < -0.3 is 0 Å². The maximum Gasteiger partial charge on any atom is 0.0712 e. The minimum atomic E-state index is 0.0862. The van der Waals surface area contributed by atoms with Crippen LogP contribution in [0.4, 0.5) is 0 Å². The largest absolute Gasteiger partial charge is 0.198 e. The van der Waals surface area contributed by atoms with Crippen LogP contribution in [0.1, 0.15) is 50.5 Å². The van der Waals surface area contributed by atoms with Crippen LogP contribution in [0.25, 0.3) is 0 Å². The summed E-state index contributed by atoms with van der Waals surface area (Å²) in [5.41, 5.74) is 1.16. The Balaban J connectivity index is 2.41. The minimum Gasteiger partial charge on any atom is -0.198 e. The summed E-state index contributed by atoms with van der Waals surface area (Å²) >= 11 is 0. The molecule has 0 saturated heterocycles. The van der Waals surface area contributed by atoms with Gasteiger partial charge in [-0.15, -0.1) is 0 Å². The highest BCUT2D eigenvalue weighted by atomic mass is 14.3. The van der Waals surface area contributed by atoms with Gasteiger partial charge in [0.15, 0.2) is 0 Å². The first-order valence-corrected chi connectivity index (χ1v) is 5.83. The Kier molecular flexibility index (Phi) is 5.55. The predicted octanol–water partition coefficient (Wildman–Crippen LogP) is 4.26. The molecule has 0 bridgehead atoms. The summed E-state index contributed by atoms with van der Waals surface area (Å²) in [6.45, 7) is 2.21. The second kappa shape index (κ2) is 7.06. The molecule has 0 radical (unpaired) electrons. The fourth-order valence-electron chi connectivity index (χ4n) is 1.77. The molecule has 1 heteroatoms. The average molecular weight is 201 g/mol. The molecule has 0 amide bonds. The van der Waals surface area contributed by atoms with E-state index in [-0.39, 0.29) is 5.92 Å². The zero-order valence-corrected chi connectivity index (χ0v) is 9.45. The molecule has 80 valence electrons. The van der Waals surface area contributed by atoms with Crippen molar-refractivity contribution in [3.05, 3.63) is 35.9 Å². The number of unbranched alkanes of at least 4 members (excludes halogenated alkanes) is 3. The lowest BCUT2D eigenvalue weighted by Gasteiger charge is -2.08. The highest BCUT2D eigenvalue weighted by Crippen LogP contribution is 2.21. The van der Waals surface area contributed by atoms with Crippen molar-refractivity contribution < 1.29 is 0 Å². The molecule has 0 N–H and O–H groups in total. The molecular weight excluding hydrogens is 182 g/mol. The first-order valence-electron chi connectivity index (χ1n) is 5.83. The van der Waals surface area contributed by atoms with Gasteiger partial charge in [-0.2, -0.15) is 5.26 Å². The molecule has 0 heterocycles. The summed E-state index contributed by atoms with van der Waals surface area (Å²) < 4.78 is 0. The monoisotopic (exact) mass is 201 g/mol. The van der Waals surface area contributed by atoms with Crippen molar-refractivity contribution in [1.29, 1.82) is 5.26 Å². The Morgan fingerprint density at radius 2 is 1.87 bits per heavy atom. The van der Waals surface area contributed by atoms with Gasteiger partial charge in [0.05, 0.1) is 12.0 Å². The molecule has 0 fully saturated rings. The fraction of sp³-hybridized carbons (Fsp3) is 0.500. The van der Waals surface area contributed by atoms with Crippen LogP contribution in [0.5, 0.6) is 0 Å². The van der Waals surface area contributed by atoms with Crippen molar-refractivity contribution in [3.8, 4) is 6.07 Å². The van der Waals surface area contributed by atoms with Crippen LogP contribution in [-0.4, -0.2) is 0 Å². The quantitative estimate of drug-likeness (QED) is 0.631. The Bertz CT molecular complexity index is 297. The van der Waals surface area contributed by atoms with E-state index in [1.807, 2.05) is 30.3 Å². The smallest absolute Gasteiger partial charge is 0.0712 e. The summed E-state index contributed by atoms with van der Waals surface area (Å²) in [5, 5.41) is 9.09. The van der Waals surface area contributed by atoms with Gasteiger partial charge in [-0.05, 0) is 12.0 Å². The third-order valence-electron chi connectivity index (χ3n) is 2.70. The van der Waals surface area contributed by atoms with E-state index in [0.717, 1.165) is 12.0 Å². The number of rotatable bonds is 6. The number of hydrogen-bond acceptors (Lipinski definition) is 1. The summed E-state index contributed by atoms with van der Waals surface area (Å²) in [4.78, 5) is 0. The van der Waals surface area contributed by atoms with E-state index in [2.05, 4.69) is 13.0 Å². The van der Waals surface area contributed by atoms with Crippen LogP contribution in [0, 0.1) is 11.3 Å². The number of hydrogen-bond donors (Lipinski definition) is 0. The maximum atomic E-state index is 9.09. The molecule has 0 aliphatic heterocycles. The number of nitrogens with zero attached hydrogens (tertiary/aromatic N) is 1. The third kappa shape index (κ3) is 4.16. The fourth-order valence-corrected chi connectivity index (χ4v) is 1.77. The topological polar surface area (TPSA) is 23.8 Å². The minimum absolute atomic E-state index is 0.0862. The van der Waals surface area contributed by atoms with E-state index in [9.17, 15) is 0 Å². The van der Waals surface area contributed by atoms with Crippen LogP contribution in [-0.2, 0) is 0 Å². The Morgan fingerprint density at radius 1 is 1.13 bits per heavy atom. The molecular formula is C14H19N. The molecule has 0 aliphatic rings. The van der Waals surface area contributed by atoms with Crippen LogP contribution >= 0.6 is 0 Å².